The van der Waals surface area contributed by atoms with Gasteiger partial charge >= 0.3 is 6.18 Å². The molecule has 0 radical (unpaired) electrons. The van der Waals surface area contributed by atoms with Gasteiger partial charge in [-0.1, -0.05) is 0 Å². The summed E-state index contributed by atoms with van der Waals surface area (Å²) in [6.45, 7) is 2.18. The Morgan fingerprint density at radius 1 is 1.32 bits per heavy atom. The predicted molar refractivity (Wildman–Crippen MR) is 85.8 cm³/mol. The van der Waals surface area contributed by atoms with Crippen LogP contribution in [-0.2, 0) is 6.18 Å². The molecule has 0 saturated carbocycles. The number of nitro groups is 1. The van der Waals surface area contributed by atoms with Crippen molar-refractivity contribution < 1.29 is 22.9 Å². The van der Waals surface area contributed by atoms with E-state index >= 15 is 0 Å². The van der Waals surface area contributed by atoms with Crippen LogP contribution in [0.3, 0.4) is 0 Å². The smallest absolute Gasteiger partial charge is 0.337 e. The van der Waals surface area contributed by atoms with Gasteiger partial charge in [-0.05, 0) is 32.3 Å². The molecule has 0 N–H and O–H groups in total. The lowest BCUT2D eigenvalue weighted by Gasteiger charge is -2.25. The van der Waals surface area contributed by atoms with Crippen LogP contribution in [0.4, 0.5) is 18.9 Å². The Morgan fingerprint density at radius 2 is 1.96 bits per heavy atom. The number of alkyl halides is 3. The van der Waals surface area contributed by atoms with Crippen molar-refractivity contribution in [2.24, 2.45) is 0 Å². The fraction of sp³-hybridized carbons (Fsp3) is 0.467. The van der Waals surface area contributed by atoms with E-state index in [0.717, 1.165) is 43.6 Å². The van der Waals surface area contributed by atoms with Crippen LogP contribution in [0.25, 0.3) is 10.2 Å². The summed E-state index contributed by atoms with van der Waals surface area (Å²) >= 11 is 0.776. The fourth-order valence-corrected chi connectivity index (χ4v) is 4.07. The molecule has 1 saturated heterocycles. The number of amides is 1. The molecule has 10 heteroatoms. The average Bonchev–Trinajstić information content (AvgIpc) is 2.96. The third-order valence-corrected chi connectivity index (χ3v) is 5.29. The molecule has 1 aliphatic rings. The number of nitrogens with zero attached hydrogens (tertiary/aromatic N) is 3. The summed E-state index contributed by atoms with van der Waals surface area (Å²) in [5.74, 6) is -0.388. The van der Waals surface area contributed by atoms with Crippen molar-refractivity contribution in [2.75, 3.05) is 13.1 Å². The van der Waals surface area contributed by atoms with Crippen LogP contribution in [0.2, 0.25) is 0 Å². The Morgan fingerprint density at radius 3 is 2.52 bits per heavy atom. The molecule has 2 aromatic rings. The molecular formula is C15H14F3N3O3S. The summed E-state index contributed by atoms with van der Waals surface area (Å²) in [6, 6.07) is 0.779. The third kappa shape index (κ3) is 3.17. The van der Waals surface area contributed by atoms with Crippen molar-refractivity contribution >= 4 is 33.1 Å². The summed E-state index contributed by atoms with van der Waals surface area (Å²) in [5.41, 5.74) is -2.38. The zero-order valence-corrected chi connectivity index (χ0v) is 14.0. The third-order valence-electron chi connectivity index (χ3n) is 4.22. The van der Waals surface area contributed by atoms with Crippen molar-refractivity contribution in [1.82, 2.24) is 9.88 Å². The molecule has 0 aliphatic carbocycles. The van der Waals surface area contributed by atoms with E-state index in [2.05, 4.69) is 4.98 Å². The van der Waals surface area contributed by atoms with Gasteiger partial charge in [0.15, 0.2) is 5.01 Å². The number of rotatable bonds is 2. The number of aromatic nitrogens is 1. The second kappa shape index (κ2) is 6.25. The maximum atomic E-state index is 13.2. The molecule has 1 fully saturated rings. The van der Waals surface area contributed by atoms with Gasteiger partial charge in [0.25, 0.3) is 11.6 Å². The van der Waals surface area contributed by atoms with E-state index in [1.165, 1.54) is 0 Å². The number of fused-ring (bicyclic) bond motifs is 1. The Balaban J connectivity index is 2.14. The molecule has 1 aliphatic heterocycles. The van der Waals surface area contributed by atoms with Gasteiger partial charge in [-0.3, -0.25) is 14.9 Å². The monoisotopic (exact) mass is 373 g/mol. The Kier molecular flexibility index (Phi) is 4.40. The number of hydrogen-bond acceptors (Lipinski definition) is 5. The molecular weight excluding hydrogens is 359 g/mol. The van der Waals surface area contributed by atoms with E-state index in [-0.39, 0.29) is 21.1 Å². The zero-order valence-electron chi connectivity index (χ0n) is 13.2. The summed E-state index contributed by atoms with van der Waals surface area (Å²) in [7, 11) is 0. The van der Waals surface area contributed by atoms with E-state index in [4.69, 9.17) is 0 Å². The SMILES string of the molecule is Cc1c(C(F)(F)F)cc2nc(C(=O)N3CCCCC3)sc2c1[N+](=O)[O-]. The maximum absolute atomic E-state index is 13.2. The van der Waals surface area contributed by atoms with E-state index in [9.17, 15) is 28.1 Å². The Labute approximate surface area is 144 Å². The van der Waals surface area contributed by atoms with Crippen molar-refractivity contribution in [3.05, 3.63) is 32.3 Å². The van der Waals surface area contributed by atoms with Gasteiger partial charge in [-0.2, -0.15) is 13.2 Å². The lowest BCUT2D eigenvalue weighted by Crippen LogP contribution is -2.35. The number of carbonyl (C=O) groups is 1. The van der Waals surface area contributed by atoms with Crippen molar-refractivity contribution in [1.29, 1.82) is 0 Å². The van der Waals surface area contributed by atoms with Gasteiger partial charge in [0.2, 0.25) is 0 Å². The summed E-state index contributed by atoms with van der Waals surface area (Å²) in [5, 5.41) is 11.3. The highest BCUT2D eigenvalue weighted by molar-refractivity contribution is 7.20. The topological polar surface area (TPSA) is 76.3 Å². The lowest BCUT2D eigenvalue weighted by atomic mass is 10.1. The largest absolute Gasteiger partial charge is 0.416 e. The molecule has 3 rings (SSSR count). The maximum Gasteiger partial charge on any atom is 0.416 e. The molecule has 2 heterocycles. The molecule has 6 nitrogen and oxygen atoms in total. The normalized spacial score (nSPS) is 15.6. The average molecular weight is 373 g/mol. The van der Waals surface area contributed by atoms with Crippen LogP contribution in [0.1, 0.15) is 40.2 Å². The minimum Gasteiger partial charge on any atom is -0.337 e. The lowest BCUT2D eigenvalue weighted by molar-refractivity contribution is -0.383. The van der Waals surface area contributed by atoms with Gasteiger partial charge in [-0.25, -0.2) is 4.98 Å². The highest BCUT2D eigenvalue weighted by Gasteiger charge is 2.38. The summed E-state index contributed by atoms with van der Waals surface area (Å²) in [4.78, 5) is 28.5. The number of carbonyl (C=O) groups excluding carboxylic acids is 1. The minimum atomic E-state index is -4.73. The van der Waals surface area contributed by atoms with E-state index < -0.39 is 27.9 Å². The van der Waals surface area contributed by atoms with Gasteiger partial charge in [0.1, 0.15) is 4.70 Å². The zero-order chi connectivity index (χ0) is 18.4. The first-order chi connectivity index (χ1) is 11.7. The van der Waals surface area contributed by atoms with Gasteiger partial charge in [0, 0.05) is 18.7 Å². The number of nitro benzene ring substituents is 1. The van der Waals surface area contributed by atoms with Crippen LogP contribution in [0, 0.1) is 17.0 Å². The molecule has 1 aromatic heterocycles. The van der Waals surface area contributed by atoms with Crippen molar-refractivity contribution in [3.63, 3.8) is 0 Å². The molecule has 1 aromatic carbocycles. The highest BCUT2D eigenvalue weighted by atomic mass is 32.1. The Hall–Kier alpha value is -2.23. The molecule has 0 bridgehead atoms. The molecule has 25 heavy (non-hydrogen) atoms. The molecule has 0 atom stereocenters. The van der Waals surface area contributed by atoms with Crippen LogP contribution in [0.5, 0.6) is 0 Å². The van der Waals surface area contributed by atoms with E-state index in [0.29, 0.717) is 13.1 Å². The number of benzene rings is 1. The van der Waals surface area contributed by atoms with Crippen LogP contribution in [-0.4, -0.2) is 33.8 Å². The standard InChI is InChI=1S/C15H14F3N3O3S/c1-8-9(15(16,17)18)7-10-12(11(8)21(23)24)25-13(19-10)14(22)20-5-3-2-4-6-20/h7H,2-6H2,1H3. The first-order valence-corrected chi connectivity index (χ1v) is 8.47. The molecule has 1 amide bonds. The summed E-state index contributed by atoms with van der Waals surface area (Å²) < 4.78 is 39.5. The van der Waals surface area contributed by atoms with E-state index in [1.807, 2.05) is 0 Å². The second-order valence-electron chi connectivity index (χ2n) is 5.87. The predicted octanol–water partition coefficient (Wildman–Crippen LogP) is 4.16. The van der Waals surface area contributed by atoms with Crippen LogP contribution < -0.4 is 0 Å². The van der Waals surface area contributed by atoms with Gasteiger partial charge < -0.3 is 4.90 Å². The number of hydrogen-bond donors (Lipinski definition) is 0. The van der Waals surface area contributed by atoms with E-state index in [1.54, 1.807) is 4.90 Å². The molecule has 0 spiro atoms. The Bertz CT molecular complexity index is 857. The van der Waals surface area contributed by atoms with Crippen LogP contribution in [0.15, 0.2) is 6.07 Å². The fourth-order valence-electron chi connectivity index (χ4n) is 2.98. The minimum absolute atomic E-state index is 0.00383. The molecule has 134 valence electrons. The number of thiazole rings is 1. The van der Waals surface area contributed by atoms with Crippen molar-refractivity contribution in [2.45, 2.75) is 32.4 Å². The first-order valence-electron chi connectivity index (χ1n) is 7.65. The summed E-state index contributed by atoms with van der Waals surface area (Å²) in [6.07, 6.45) is -2.00. The van der Waals surface area contributed by atoms with Crippen molar-refractivity contribution in [3.8, 4) is 0 Å². The number of likely N-dealkylation sites (tertiary alicyclic amines) is 1. The van der Waals surface area contributed by atoms with Gasteiger partial charge in [-0.15, -0.1) is 11.3 Å². The van der Waals surface area contributed by atoms with Gasteiger partial charge in [0.05, 0.1) is 16.0 Å². The quantitative estimate of drug-likeness (QED) is 0.585. The van der Waals surface area contributed by atoms with Crippen LogP contribution >= 0.6 is 11.3 Å². The molecule has 0 unspecified atom stereocenters. The number of piperidine rings is 1. The highest BCUT2D eigenvalue weighted by Crippen LogP contribution is 2.42. The second-order valence-corrected chi connectivity index (χ2v) is 6.87. The number of halogens is 3. The first kappa shape index (κ1) is 17.6.